The molecule has 0 unspecified atom stereocenters. The molecule has 0 saturated heterocycles. The predicted molar refractivity (Wildman–Crippen MR) is 81.5 cm³/mol. The highest BCUT2D eigenvalue weighted by atomic mass is 16.3. The molecule has 0 aromatic heterocycles. The first-order valence-electron chi connectivity index (χ1n) is 7.68. The molecule has 0 saturated carbocycles. The van der Waals surface area contributed by atoms with E-state index in [0.717, 1.165) is 25.7 Å². The van der Waals surface area contributed by atoms with Crippen molar-refractivity contribution in [2.24, 2.45) is 0 Å². The van der Waals surface area contributed by atoms with E-state index >= 15 is 0 Å². The van der Waals surface area contributed by atoms with E-state index in [9.17, 15) is 15.0 Å². The molecule has 0 spiro atoms. The number of benzene rings is 1. The van der Waals surface area contributed by atoms with Gasteiger partial charge < -0.3 is 10.2 Å². The molecule has 20 heavy (non-hydrogen) atoms. The van der Waals surface area contributed by atoms with Gasteiger partial charge in [-0.25, -0.2) is 0 Å². The van der Waals surface area contributed by atoms with Crippen molar-refractivity contribution in [3.63, 3.8) is 0 Å². The Morgan fingerprint density at radius 3 is 2.35 bits per heavy atom. The van der Waals surface area contributed by atoms with Gasteiger partial charge >= 0.3 is 0 Å². The van der Waals surface area contributed by atoms with Gasteiger partial charge in [0.2, 0.25) is 0 Å². The molecule has 0 bridgehead atoms. The van der Waals surface area contributed by atoms with E-state index in [1.54, 1.807) is 0 Å². The Hall–Kier alpha value is -1.51. The van der Waals surface area contributed by atoms with Gasteiger partial charge in [0.15, 0.2) is 5.78 Å². The zero-order valence-corrected chi connectivity index (χ0v) is 12.6. The Morgan fingerprint density at radius 1 is 1.00 bits per heavy atom. The fourth-order valence-corrected chi connectivity index (χ4v) is 2.37. The van der Waals surface area contributed by atoms with Crippen molar-refractivity contribution in [3.05, 3.63) is 23.3 Å². The van der Waals surface area contributed by atoms with Gasteiger partial charge in [0.1, 0.15) is 11.5 Å². The summed E-state index contributed by atoms with van der Waals surface area (Å²) >= 11 is 0. The smallest absolute Gasteiger partial charge is 0.166 e. The minimum atomic E-state index is -0.0766. The first kappa shape index (κ1) is 16.5. The summed E-state index contributed by atoms with van der Waals surface area (Å²) in [5.41, 5.74) is 0.922. The van der Waals surface area contributed by atoms with Crippen LogP contribution in [0.1, 0.15) is 74.7 Å². The van der Waals surface area contributed by atoms with Crippen LogP contribution in [0.3, 0.4) is 0 Å². The van der Waals surface area contributed by atoms with Crippen LogP contribution in [0, 0.1) is 0 Å². The second kappa shape index (κ2) is 8.62. The summed E-state index contributed by atoms with van der Waals surface area (Å²) in [6.45, 7) is 4.16. The number of aromatic hydroxyl groups is 2. The molecule has 0 aliphatic heterocycles. The average Bonchev–Trinajstić information content (AvgIpc) is 2.42. The van der Waals surface area contributed by atoms with E-state index in [1.807, 2.05) is 6.92 Å². The van der Waals surface area contributed by atoms with Crippen LogP contribution in [0.5, 0.6) is 11.5 Å². The fraction of sp³-hybridized carbons (Fsp3) is 0.588. The zero-order valence-electron chi connectivity index (χ0n) is 12.6. The van der Waals surface area contributed by atoms with Gasteiger partial charge in [-0.3, -0.25) is 4.79 Å². The van der Waals surface area contributed by atoms with Crippen LogP contribution in [0.15, 0.2) is 12.1 Å². The van der Waals surface area contributed by atoms with E-state index in [-0.39, 0.29) is 22.8 Å². The van der Waals surface area contributed by atoms with Crippen molar-refractivity contribution in [1.82, 2.24) is 0 Å². The molecular formula is C17H26O3. The molecule has 3 nitrogen and oxygen atoms in total. The monoisotopic (exact) mass is 278 g/mol. The highest BCUT2D eigenvalue weighted by molar-refractivity contribution is 5.99. The molecule has 3 heteroatoms. The van der Waals surface area contributed by atoms with Gasteiger partial charge in [0.25, 0.3) is 0 Å². The predicted octanol–water partition coefficient (Wildman–Crippen LogP) is 4.59. The summed E-state index contributed by atoms with van der Waals surface area (Å²) in [7, 11) is 0. The average molecular weight is 278 g/mol. The highest BCUT2D eigenvalue weighted by Crippen LogP contribution is 2.30. The summed E-state index contributed by atoms with van der Waals surface area (Å²) in [6, 6.07) is 2.92. The molecule has 1 aromatic rings. The molecule has 1 aromatic carbocycles. The lowest BCUT2D eigenvalue weighted by atomic mass is 9.98. The number of phenols is 2. The quantitative estimate of drug-likeness (QED) is 0.394. The molecule has 0 radical (unpaired) electrons. The summed E-state index contributed by atoms with van der Waals surface area (Å²) in [4.78, 5) is 12.1. The lowest BCUT2D eigenvalue weighted by molar-refractivity contribution is 0.0976. The summed E-state index contributed by atoms with van der Waals surface area (Å²) < 4.78 is 0. The van der Waals surface area contributed by atoms with E-state index in [1.165, 1.54) is 25.0 Å². The molecule has 1 rings (SSSR count). The summed E-state index contributed by atoms with van der Waals surface area (Å²) in [6.07, 6.45) is 7.38. The highest BCUT2D eigenvalue weighted by Gasteiger charge is 2.15. The minimum absolute atomic E-state index is 0.0446. The first-order valence-corrected chi connectivity index (χ1v) is 7.68. The van der Waals surface area contributed by atoms with Crippen molar-refractivity contribution in [1.29, 1.82) is 0 Å². The Balaban J connectivity index is 2.67. The number of hydrogen-bond acceptors (Lipinski definition) is 3. The van der Waals surface area contributed by atoms with Crippen LogP contribution >= 0.6 is 0 Å². The molecule has 112 valence electrons. The van der Waals surface area contributed by atoms with Crippen LogP contribution in [0.25, 0.3) is 0 Å². The van der Waals surface area contributed by atoms with Crippen molar-refractivity contribution in [2.45, 2.75) is 65.2 Å². The molecule has 0 heterocycles. The lowest BCUT2D eigenvalue weighted by Gasteiger charge is -2.10. The number of hydrogen-bond donors (Lipinski definition) is 2. The largest absolute Gasteiger partial charge is 0.508 e. The number of aryl methyl sites for hydroxylation is 1. The van der Waals surface area contributed by atoms with E-state index in [4.69, 9.17) is 0 Å². The number of Topliss-reactive ketones (excluding diaryl/α,β-unsaturated/α-hetero) is 1. The van der Waals surface area contributed by atoms with Gasteiger partial charge in [-0.2, -0.15) is 0 Å². The third-order valence-electron chi connectivity index (χ3n) is 3.50. The Labute approximate surface area is 121 Å². The van der Waals surface area contributed by atoms with Gasteiger partial charge in [0.05, 0.1) is 5.56 Å². The molecule has 0 aliphatic carbocycles. The van der Waals surface area contributed by atoms with E-state index in [2.05, 4.69) is 6.92 Å². The summed E-state index contributed by atoms with van der Waals surface area (Å²) in [5, 5.41) is 19.8. The van der Waals surface area contributed by atoms with Gasteiger partial charge in [0, 0.05) is 6.42 Å². The fourth-order valence-electron chi connectivity index (χ4n) is 2.37. The standard InChI is InChI=1S/C17H26O3/c1-3-5-6-7-8-10-16(19)15-12-14(18)11-13(9-4-2)17(15)20/h11-12,18,20H,3-10H2,1-2H3. The van der Waals surface area contributed by atoms with Crippen molar-refractivity contribution < 1.29 is 15.0 Å². The van der Waals surface area contributed by atoms with Crippen LogP contribution < -0.4 is 0 Å². The van der Waals surface area contributed by atoms with Crippen LogP contribution in [-0.4, -0.2) is 16.0 Å². The second-order valence-corrected chi connectivity index (χ2v) is 5.34. The number of carbonyl (C=O) groups is 1. The molecule has 0 amide bonds. The third kappa shape index (κ3) is 4.87. The maximum atomic E-state index is 12.1. The minimum Gasteiger partial charge on any atom is -0.508 e. The van der Waals surface area contributed by atoms with Crippen molar-refractivity contribution >= 4 is 5.78 Å². The van der Waals surface area contributed by atoms with Crippen molar-refractivity contribution in [2.75, 3.05) is 0 Å². The number of rotatable bonds is 9. The normalized spacial score (nSPS) is 10.7. The van der Waals surface area contributed by atoms with E-state index < -0.39 is 0 Å². The summed E-state index contributed by atoms with van der Waals surface area (Å²) in [5.74, 6) is 0.0241. The van der Waals surface area contributed by atoms with Crippen LogP contribution in [0.2, 0.25) is 0 Å². The third-order valence-corrected chi connectivity index (χ3v) is 3.50. The molecule has 0 fully saturated rings. The number of phenolic OH excluding ortho intramolecular Hbond substituents is 2. The number of unbranched alkanes of at least 4 members (excludes halogenated alkanes) is 4. The lowest BCUT2D eigenvalue weighted by Crippen LogP contribution is -2.01. The van der Waals surface area contributed by atoms with Crippen molar-refractivity contribution in [3.8, 4) is 11.5 Å². The van der Waals surface area contributed by atoms with Gasteiger partial charge in [-0.15, -0.1) is 0 Å². The topological polar surface area (TPSA) is 57.5 Å². The SMILES string of the molecule is CCCCCCCC(=O)c1cc(O)cc(CCC)c1O. The molecular weight excluding hydrogens is 252 g/mol. The number of ketones is 1. The molecule has 0 aliphatic rings. The first-order chi connectivity index (χ1) is 9.60. The van der Waals surface area contributed by atoms with Gasteiger partial charge in [-0.1, -0.05) is 46.0 Å². The van der Waals surface area contributed by atoms with E-state index in [0.29, 0.717) is 18.4 Å². The molecule has 2 N–H and O–H groups in total. The maximum absolute atomic E-state index is 12.1. The van der Waals surface area contributed by atoms with Gasteiger partial charge in [-0.05, 0) is 30.5 Å². The zero-order chi connectivity index (χ0) is 15.0. The number of carbonyl (C=O) groups excluding carboxylic acids is 1. The van der Waals surface area contributed by atoms with Crippen LogP contribution in [0.4, 0.5) is 0 Å². The second-order valence-electron chi connectivity index (χ2n) is 5.34. The molecule has 0 atom stereocenters. The maximum Gasteiger partial charge on any atom is 0.166 e. The Morgan fingerprint density at radius 2 is 1.70 bits per heavy atom. The van der Waals surface area contributed by atoms with Crippen LogP contribution in [-0.2, 0) is 6.42 Å². The Kier molecular flexibility index (Phi) is 7.13. The Bertz CT molecular complexity index is 438.